The normalized spacial score (nSPS) is 11.2. The standard InChI is InChI=1S/C22H16N4O2/c1-26-19-10-5-4-9-17(19)24-22(26)25-21(27)15-13-18(20-11-6-12-28-20)23-16-8-3-2-7-14(15)16/h2-13H,1H3,(H,24,25,27). The van der Waals surface area contributed by atoms with Crippen LogP contribution in [0.3, 0.4) is 0 Å². The van der Waals surface area contributed by atoms with Gasteiger partial charge in [0, 0.05) is 12.4 Å². The second kappa shape index (κ2) is 6.35. The van der Waals surface area contributed by atoms with Crippen LogP contribution >= 0.6 is 0 Å². The first kappa shape index (κ1) is 16.3. The van der Waals surface area contributed by atoms with Crippen LogP contribution in [0.15, 0.2) is 77.4 Å². The number of hydrogen-bond acceptors (Lipinski definition) is 4. The Labute approximate surface area is 160 Å². The number of para-hydroxylation sites is 3. The van der Waals surface area contributed by atoms with Crippen molar-refractivity contribution in [2.24, 2.45) is 7.05 Å². The molecule has 136 valence electrons. The van der Waals surface area contributed by atoms with Gasteiger partial charge in [-0.05, 0) is 36.4 Å². The van der Waals surface area contributed by atoms with Crippen LogP contribution in [0.4, 0.5) is 5.95 Å². The third kappa shape index (κ3) is 2.63. The maximum absolute atomic E-state index is 13.2. The van der Waals surface area contributed by atoms with E-state index in [1.807, 2.05) is 66.2 Å². The molecule has 0 atom stereocenters. The smallest absolute Gasteiger partial charge is 0.258 e. The molecule has 0 unspecified atom stereocenters. The van der Waals surface area contributed by atoms with Crippen molar-refractivity contribution in [2.75, 3.05) is 5.32 Å². The molecule has 0 radical (unpaired) electrons. The molecule has 0 saturated heterocycles. The minimum absolute atomic E-state index is 0.246. The topological polar surface area (TPSA) is 73.0 Å². The van der Waals surface area contributed by atoms with Gasteiger partial charge < -0.3 is 8.98 Å². The van der Waals surface area contributed by atoms with Gasteiger partial charge in [-0.15, -0.1) is 0 Å². The number of carbonyl (C=O) groups excluding carboxylic acids is 1. The van der Waals surface area contributed by atoms with Crippen LogP contribution < -0.4 is 5.32 Å². The fourth-order valence-corrected chi connectivity index (χ4v) is 3.34. The number of hydrogen-bond donors (Lipinski definition) is 1. The highest BCUT2D eigenvalue weighted by atomic mass is 16.3. The zero-order valence-corrected chi connectivity index (χ0v) is 15.1. The molecular weight excluding hydrogens is 352 g/mol. The summed E-state index contributed by atoms with van der Waals surface area (Å²) in [6, 6.07) is 20.7. The van der Waals surface area contributed by atoms with E-state index in [1.165, 1.54) is 0 Å². The van der Waals surface area contributed by atoms with Gasteiger partial charge in [-0.1, -0.05) is 30.3 Å². The van der Waals surface area contributed by atoms with Crippen LogP contribution in [-0.2, 0) is 7.05 Å². The molecule has 6 heteroatoms. The SMILES string of the molecule is Cn1c(NC(=O)c2cc(-c3ccco3)nc3ccccc23)nc2ccccc21. The number of benzene rings is 2. The van der Waals surface area contributed by atoms with E-state index in [4.69, 9.17) is 4.42 Å². The molecule has 28 heavy (non-hydrogen) atoms. The Bertz CT molecular complexity index is 1320. The summed E-state index contributed by atoms with van der Waals surface area (Å²) < 4.78 is 7.33. The van der Waals surface area contributed by atoms with Crippen LogP contribution in [0.1, 0.15) is 10.4 Å². The van der Waals surface area contributed by atoms with E-state index in [2.05, 4.69) is 15.3 Å². The van der Waals surface area contributed by atoms with Gasteiger partial charge in [0.15, 0.2) is 5.76 Å². The molecule has 0 aliphatic heterocycles. The van der Waals surface area contributed by atoms with Gasteiger partial charge in [-0.25, -0.2) is 9.97 Å². The van der Waals surface area contributed by atoms with Crippen molar-refractivity contribution in [3.05, 3.63) is 78.6 Å². The third-order valence-electron chi connectivity index (χ3n) is 4.75. The lowest BCUT2D eigenvalue weighted by Crippen LogP contribution is -2.16. The van der Waals surface area contributed by atoms with Gasteiger partial charge in [0.25, 0.3) is 5.91 Å². The average Bonchev–Trinajstić information content (AvgIpc) is 3.36. The number of fused-ring (bicyclic) bond motifs is 2. The monoisotopic (exact) mass is 368 g/mol. The number of furan rings is 1. The van der Waals surface area contributed by atoms with Crippen molar-refractivity contribution in [3.8, 4) is 11.5 Å². The van der Waals surface area contributed by atoms with E-state index in [0.29, 0.717) is 23.0 Å². The number of rotatable bonds is 3. The van der Waals surface area contributed by atoms with Gasteiger partial charge in [-0.3, -0.25) is 10.1 Å². The highest BCUT2D eigenvalue weighted by Crippen LogP contribution is 2.26. The summed E-state index contributed by atoms with van der Waals surface area (Å²) in [5.74, 6) is 0.860. The molecule has 0 spiro atoms. The van der Waals surface area contributed by atoms with E-state index in [0.717, 1.165) is 21.9 Å². The number of carbonyl (C=O) groups is 1. The van der Waals surface area contributed by atoms with E-state index in [9.17, 15) is 4.79 Å². The van der Waals surface area contributed by atoms with Gasteiger partial charge >= 0.3 is 0 Å². The third-order valence-corrected chi connectivity index (χ3v) is 4.75. The quantitative estimate of drug-likeness (QED) is 0.504. The maximum Gasteiger partial charge on any atom is 0.258 e. The van der Waals surface area contributed by atoms with Crippen LogP contribution in [-0.4, -0.2) is 20.4 Å². The average molecular weight is 368 g/mol. The number of imidazole rings is 1. The molecule has 3 heterocycles. The Morgan fingerprint density at radius 3 is 2.54 bits per heavy atom. The summed E-state index contributed by atoms with van der Waals surface area (Å²) in [6.45, 7) is 0. The maximum atomic E-state index is 13.2. The fourth-order valence-electron chi connectivity index (χ4n) is 3.34. The first-order chi connectivity index (χ1) is 13.7. The number of anilines is 1. The van der Waals surface area contributed by atoms with Crippen molar-refractivity contribution in [1.82, 2.24) is 14.5 Å². The van der Waals surface area contributed by atoms with Gasteiger partial charge in [0.1, 0.15) is 5.69 Å². The molecule has 5 aromatic rings. The van der Waals surface area contributed by atoms with E-state index < -0.39 is 0 Å². The zero-order valence-electron chi connectivity index (χ0n) is 15.1. The van der Waals surface area contributed by atoms with E-state index in [1.54, 1.807) is 18.4 Å². The number of amides is 1. The predicted octanol–water partition coefficient (Wildman–Crippen LogP) is 4.63. The molecule has 3 aromatic heterocycles. The highest BCUT2D eigenvalue weighted by Gasteiger charge is 2.17. The minimum Gasteiger partial charge on any atom is -0.463 e. The first-order valence-electron chi connectivity index (χ1n) is 8.87. The summed E-state index contributed by atoms with van der Waals surface area (Å²) in [5, 5.41) is 3.71. The summed E-state index contributed by atoms with van der Waals surface area (Å²) >= 11 is 0. The van der Waals surface area contributed by atoms with Crippen molar-refractivity contribution < 1.29 is 9.21 Å². The fraction of sp³-hybridized carbons (Fsp3) is 0.0455. The number of nitrogens with one attached hydrogen (secondary N) is 1. The molecule has 0 fully saturated rings. The van der Waals surface area contributed by atoms with Gasteiger partial charge in [0.2, 0.25) is 5.95 Å². The molecule has 0 saturated carbocycles. The van der Waals surface area contributed by atoms with Gasteiger partial charge in [-0.2, -0.15) is 0 Å². The van der Waals surface area contributed by atoms with Crippen LogP contribution in [0, 0.1) is 0 Å². The van der Waals surface area contributed by atoms with E-state index in [-0.39, 0.29) is 5.91 Å². The summed E-state index contributed by atoms with van der Waals surface area (Å²) in [6.07, 6.45) is 1.59. The van der Waals surface area contributed by atoms with Crippen molar-refractivity contribution >= 4 is 33.8 Å². The molecule has 2 aromatic carbocycles. The summed E-state index contributed by atoms with van der Waals surface area (Å²) in [4.78, 5) is 22.3. The molecule has 1 N–H and O–H groups in total. The van der Waals surface area contributed by atoms with Crippen LogP contribution in [0.5, 0.6) is 0 Å². The molecular formula is C22H16N4O2. The molecule has 5 rings (SSSR count). The highest BCUT2D eigenvalue weighted by molar-refractivity contribution is 6.12. The molecule has 0 bridgehead atoms. The Hall–Kier alpha value is -3.93. The number of pyridine rings is 1. The number of aryl methyl sites for hydroxylation is 1. The minimum atomic E-state index is -0.246. The second-order valence-corrected chi connectivity index (χ2v) is 6.49. The number of nitrogens with zero attached hydrogens (tertiary/aromatic N) is 3. The molecule has 0 aliphatic carbocycles. The summed E-state index contributed by atoms with van der Waals surface area (Å²) in [5.41, 5.74) is 3.64. The van der Waals surface area contributed by atoms with Crippen molar-refractivity contribution in [3.63, 3.8) is 0 Å². The van der Waals surface area contributed by atoms with Gasteiger partial charge in [0.05, 0.1) is 28.4 Å². The molecule has 0 aliphatic rings. The predicted molar refractivity (Wildman–Crippen MR) is 108 cm³/mol. The Balaban J connectivity index is 1.61. The van der Waals surface area contributed by atoms with Crippen molar-refractivity contribution in [2.45, 2.75) is 0 Å². The Morgan fingerprint density at radius 2 is 1.75 bits per heavy atom. The number of aromatic nitrogens is 3. The Kier molecular flexibility index (Phi) is 3.69. The van der Waals surface area contributed by atoms with Crippen molar-refractivity contribution in [1.29, 1.82) is 0 Å². The molecule has 1 amide bonds. The zero-order chi connectivity index (χ0) is 19.1. The lowest BCUT2D eigenvalue weighted by atomic mass is 10.1. The van der Waals surface area contributed by atoms with Crippen LogP contribution in [0.2, 0.25) is 0 Å². The van der Waals surface area contributed by atoms with E-state index >= 15 is 0 Å². The Morgan fingerprint density at radius 1 is 0.964 bits per heavy atom. The first-order valence-corrected chi connectivity index (χ1v) is 8.87. The largest absolute Gasteiger partial charge is 0.463 e. The second-order valence-electron chi connectivity index (χ2n) is 6.49. The lowest BCUT2D eigenvalue weighted by molar-refractivity contribution is 0.102. The van der Waals surface area contributed by atoms with Crippen LogP contribution in [0.25, 0.3) is 33.4 Å². The molecule has 6 nitrogen and oxygen atoms in total. The summed E-state index contributed by atoms with van der Waals surface area (Å²) in [7, 11) is 1.88. The lowest BCUT2D eigenvalue weighted by Gasteiger charge is -2.09.